The van der Waals surface area contributed by atoms with E-state index < -0.39 is 0 Å². The van der Waals surface area contributed by atoms with Gasteiger partial charge in [0.05, 0.1) is 25.9 Å². The lowest BCUT2D eigenvalue weighted by Crippen LogP contribution is -2.38. The number of nitrogens with zero attached hydrogens (tertiary/aromatic N) is 1. The fourth-order valence-corrected chi connectivity index (χ4v) is 2.84. The molecular formula is C18H23NO3. The summed E-state index contributed by atoms with van der Waals surface area (Å²) in [5.41, 5.74) is 2.19. The van der Waals surface area contributed by atoms with Crippen LogP contribution < -0.4 is 0 Å². The third-order valence-corrected chi connectivity index (χ3v) is 4.19. The second-order valence-electron chi connectivity index (χ2n) is 5.69. The smallest absolute Gasteiger partial charge is 0.123 e. The van der Waals surface area contributed by atoms with E-state index >= 15 is 0 Å². The third kappa shape index (κ3) is 3.40. The van der Waals surface area contributed by atoms with Gasteiger partial charge in [-0.3, -0.25) is 4.90 Å². The van der Waals surface area contributed by atoms with E-state index in [1.165, 1.54) is 5.56 Å². The molecule has 22 heavy (non-hydrogen) atoms. The molecule has 1 unspecified atom stereocenters. The van der Waals surface area contributed by atoms with E-state index in [2.05, 4.69) is 36.1 Å². The van der Waals surface area contributed by atoms with Crippen molar-refractivity contribution >= 4 is 0 Å². The average Bonchev–Trinajstić information content (AvgIpc) is 3.05. The summed E-state index contributed by atoms with van der Waals surface area (Å²) in [4.78, 5) is 2.40. The number of aliphatic hydroxyl groups excluding tert-OH is 1. The highest BCUT2D eigenvalue weighted by Crippen LogP contribution is 2.27. The highest BCUT2D eigenvalue weighted by molar-refractivity contribution is 5.22. The molecule has 1 N–H and O–H groups in total. The van der Waals surface area contributed by atoms with Crippen molar-refractivity contribution < 1.29 is 14.3 Å². The minimum Gasteiger partial charge on any atom is -0.464 e. The van der Waals surface area contributed by atoms with Crippen molar-refractivity contribution in [3.8, 4) is 0 Å². The molecule has 0 amide bonds. The van der Waals surface area contributed by atoms with Crippen LogP contribution in [0.2, 0.25) is 0 Å². The van der Waals surface area contributed by atoms with E-state index in [0.717, 1.165) is 43.2 Å². The summed E-state index contributed by atoms with van der Waals surface area (Å²) in [6.07, 6.45) is 0.913. The Bertz CT molecular complexity index is 591. The first-order valence-electron chi connectivity index (χ1n) is 7.89. The van der Waals surface area contributed by atoms with Crippen LogP contribution in [0.15, 0.2) is 40.8 Å². The molecule has 3 rings (SSSR count). The summed E-state index contributed by atoms with van der Waals surface area (Å²) < 4.78 is 11.6. The number of benzene rings is 1. The standard InChI is InChI=1S/C18H23NO3/c1-2-16-7-8-18(22-16)17-13-21-10-9-19(17)11-14-3-5-15(12-20)6-4-14/h3-8,17,20H,2,9-13H2,1H3. The molecule has 1 fully saturated rings. The molecule has 2 aromatic rings. The van der Waals surface area contributed by atoms with Gasteiger partial charge in [-0.15, -0.1) is 0 Å². The topological polar surface area (TPSA) is 45.8 Å². The Labute approximate surface area is 131 Å². The van der Waals surface area contributed by atoms with Gasteiger partial charge in [-0.25, -0.2) is 0 Å². The van der Waals surface area contributed by atoms with Gasteiger partial charge in [0.25, 0.3) is 0 Å². The van der Waals surface area contributed by atoms with Gasteiger partial charge in [0.15, 0.2) is 0 Å². The number of hydrogen-bond donors (Lipinski definition) is 1. The molecule has 2 heterocycles. The van der Waals surface area contributed by atoms with Crippen LogP contribution in [-0.4, -0.2) is 29.8 Å². The van der Waals surface area contributed by atoms with E-state index in [4.69, 9.17) is 14.3 Å². The molecule has 1 saturated heterocycles. The molecule has 0 saturated carbocycles. The summed E-state index contributed by atoms with van der Waals surface area (Å²) >= 11 is 0. The minimum atomic E-state index is 0.0899. The van der Waals surface area contributed by atoms with Crippen molar-refractivity contribution in [1.29, 1.82) is 0 Å². The lowest BCUT2D eigenvalue weighted by molar-refractivity contribution is -0.0206. The zero-order valence-electron chi connectivity index (χ0n) is 13.0. The number of furan rings is 1. The Morgan fingerprint density at radius 2 is 1.91 bits per heavy atom. The highest BCUT2D eigenvalue weighted by atomic mass is 16.5. The summed E-state index contributed by atoms with van der Waals surface area (Å²) in [6.45, 7) is 5.38. The molecule has 1 atom stereocenters. The molecule has 0 aliphatic carbocycles. The lowest BCUT2D eigenvalue weighted by atomic mass is 10.1. The van der Waals surface area contributed by atoms with Crippen LogP contribution in [0.3, 0.4) is 0 Å². The molecule has 1 aromatic heterocycles. The van der Waals surface area contributed by atoms with Gasteiger partial charge in [-0.05, 0) is 23.3 Å². The Hall–Kier alpha value is -1.62. The van der Waals surface area contributed by atoms with Crippen molar-refractivity contribution in [2.75, 3.05) is 19.8 Å². The van der Waals surface area contributed by atoms with Gasteiger partial charge in [0, 0.05) is 19.5 Å². The first kappa shape index (κ1) is 15.3. The van der Waals surface area contributed by atoms with E-state index in [9.17, 15) is 0 Å². The van der Waals surface area contributed by atoms with E-state index in [0.29, 0.717) is 6.61 Å². The normalized spacial score (nSPS) is 19.5. The zero-order chi connectivity index (χ0) is 15.4. The Morgan fingerprint density at radius 1 is 1.14 bits per heavy atom. The van der Waals surface area contributed by atoms with E-state index in [1.54, 1.807) is 0 Å². The van der Waals surface area contributed by atoms with Gasteiger partial charge in [-0.2, -0.15) is 0 Å². The second-order valence-corrected chi connectivity index (χ2v) is 5.69. The summed E-state index contributed by atoms with van der Waals surface area (Å²) in [5, 5.41) is 9.13. The SMILES string of the molecule is CCc1ccc(C2COCCN2Cc2ccc(CO)cc2)o1. The third-order valence-electron chi connectivity index (χ3n) is 4.19. The first-order chi connectivity index (χ1) is 10.8. The van der Waals surface area contributed by atoms with Crippen LogP contribution in [0, 0.1) is 0 Å². The molecule has 1 aliphatic heterocycles. The van der Waals surface area contributed by atoms with Gasteiger partial charge in [0.1, 0.15) is 11.5 Å². The second kappa shape index (κ2) is 7.09. The number of rotatable bonds is 5. The monoisotopic (exact) mass is 301 g/mol. The first-order valence-corrected chi connectivity index (χ1v) is 7.89. The molecule has 118 valence electrons. The predicted molar refractivity (Wildman–Crippen MR) is 84.4 cm³/mol. The van der Waals surface area contributed by atoms with E-state index in [-0.39, 0.29) is 12.6 Å². The molecule has 0 bridgehead atoms. The van der Waals surface area contributed by atoms with Crippen molar-refractivity contribution in [1.82, 2.24) is 4.90 Å². The number of ether oxygens (including phenoxy) is 1. The summed E-state index contributed by atoms with van der Waals surface area (Å²) in [6, 6.07) is 12.4. The van der Waals surface area contributed by atoms with Gasteiger partial charge < -0.3 is 14.3 Å². The van der Waals surface area contributed by atoms with Crippen LogP contribution in [0.4, 0.5) is 0 Å². The largest absolute Gasteiger partial charge is 0.464 e. The van der Waals surface area contributed by atoms with Crippen LogP contribution >= 0.6 is 0 Å². The fraction of sp³-hybridized carbons (Fsp3) is 0.444. The van der Waals surface area contributed by atoms with Crippen molar-refractivity contribution in [2.24, 2.45) is 0 Å². The minimum absolute atomic E-state index is 0.0899. The van der Waals surface area contributed by atoms with Gasteiger partial charge >= 0.3 is 0 Å². The average molecular weight is 301 g/mol. The van der Waals surface area contributed by atoms with Crippen molar-refractivity contribution in [3.63, 3.8) is 0 Å². The van der Waals surface area contributed by atoms with Crippen LogP contribution in [-0.2, 0) is 24.3 Å². The summed E-state index contributed by atoms with van der Waals surface area (Å²) in [5.74, 6) is 2.01. The van der Waals surface area contributed by atoms with Crippen molar-refractivity contribution in [3.05, 3.63) is 59.0 Å². The maximum absolute atomic E-state index is 9.13. The Morgan fingerprint density at radius 3 is 2.59 bits per heavy atom. The fourth-order valence-electron chi connectivity index (χ4n) is 2.84. The Kier molecular flexibility index (Phi) is 4.93. The molecule has 4 nitrogen and oxygen atoms in total. The van der Waals surface area contributed by atoms with Crippen LogP contribution in [0.5, 0.6) is 0 Å². The molecule has 1 aromatic carbocycles. The molecular weight excluding hydrogens is 278 g/mol. The highest BCUT2D eigenvalue weighted by Gasteiger charge is 2.27. The number of morpholine rings is 1. The molecule has 0 spiro atoms. The molecule has 1 aliphatic rings. The number of hydrogen-bond acceptors (Lipinski definition) is 4. The quantitative estimate of drug-likeness (QED) is 0.922. The predicted octanol–water partition coefficient (Wildman–Crippen LogP) is 2.91. The maximum Gasteiger partial charge on any atom is 0.123 e. The zero-order valence-corrected chi connectivity index (χ0v) is 13.0. The van der Waals surface area contributed by atoms with Gasteiger partial charge in [-0.1, -0.05) is 31.2 Å². The number of aliphatic hydroxyl groups is 1. The number of aryl methyl sites for hydroxylation is 1. The lowest BCUT2D eigenvalue weighted by Gasteiger charge is -2.34. The van der Waals surface area contributed by atoms with Crippen LogP contribution in [0.25, 0.3) is 0 Å². The summed E-state index contributed by atoms with van der Waals surface area (Å²) in [7, 11) is 0. The van der Waals surface area contributed by atoms with Crippen LogP contribution in [0.1, 0.15) is 35.6 Å². The molecule has 4 heteroatoms. The Balaban J connectivity index is 1.74. The molecule has 0 radical (unpaired) electrons. The van der Waals surface area contributed by atoms with Gasteiger partial charge in [0.2, 0.25) is 0 Å². The maximum atomic E-state index is 9.13. The van der Waals surface area contributed by atoms with Crippen molar-refractivity contribution in [2.45, 2.75) is 32.5 Å². The van der Waals surface area contributed by atoms with E-state index in [1.807, 2.05) is 12.1 Å².